The molecule has 0 aliphatic carbocycles. The first-order chi connectivity index (χ1) is 21.2. The lowest BCUT2D eigenvalue weighted by Gasteiger charge is -2.44. The molecule has 0 saturated carbocycles. The summed E-state index contributed by atoms with van der Waals surface area (Å²) in [6, 6.07) is 0. The Balaban J connectivity index is 2.24. The molecule has 2 aromatic rings. The van der Waals surface area contributed by atoms with Crippen molar-refractivity contribution in [1.29, 1.82) is 0 Å². The normalized spacial score (nSPS) is 22.5. The van der Waals surface area contributed by atoms with E-state index >= 15 is 0 Å². The van der Waals surface area contributed by atoms with E-state index in [1.807, 2.05) is 4.57 Å². The highest BCUT2D eigenvalue weighted by Crippen LogP contribution is 2.47. The van der Waals surface area contributed by atoms with E-state index in [4.69, 9.17) is 23.0 Å². The lowest BCUT2D eigenvalue weighted by molar-refractivity contribution is -0.0470. The molecule has 4 atom stereocenters. The molecule has 1 aliphatic rings. The number of aromatic amines is 1. The molecule has 1 fully saturated rings. The van der Waals surface area contributed by atoms with Crippen molar-refractivity contribution < 1.29 is 18.0 Å². The van der Waals surface area contributed by atoms with Crippen LogP contribution in [0.4, 0.5) is 5.95 Å². The van der Waals surface area contributed by atoms with Crippen LogP contribution in [0.15, 0.2) is 11.1 Å². The van der Waals surface area contributed by atoms with Crippen LogP contribution in [0.1, 0.15) is 89.3 Å². The van der Waals surface area contributed by atoms with E-state index in [-0.39, 0.29) is 37.3 Å². The highest BCUT2D eigenvalue weighted by molar-refractivity contribution is 6.83. The van der Waals surface area contributed by atoms with Crippen LogP contribution in [-0.2, 0) is 18.0 Å². The summed E-state index contributed by atoms with van der Waals surface area (Å²) < 4.78 is 30.4. The van der Waals surface area contributed by atoms with E-state index in [1.165, 1.54) is 0 Å². The molecule has 0 aromatic carbocycles. The number of rotatable bonds is 10. The summed E-state index contributed by atoms with van der Waals surface area (Å²) in [6.07, 6.45) is -0.197. The minimum Gasteiger partial charge on any atom is -0.414 e. The zero-order valence-electron chi connectivity index (χ0n) is 34.0. The molecule has 48 heavy (non-hydrogen) atoms. The van der Waals surface area contributed by atoms with Gasteiger partial charge in [0.2, 0.25) is 0 Å². The second-order valence-corrected chi connectivity index (χ2v) is 39.4. The van der Waals surface area contributed by atoms with Crippen molar-refractivity contribution in [3.63, 3.8) is 0 Å². The van der Waals surface area contributed by atoms with Crippen molar-refractivity contribution >= 4 is 50.3 Å². The van der Waals surface area contributed by atoms with Gasteiger partial charge in [0.25, 0.3) is 5.56 Å². The minimum absolute atomic E-state index is 0.0294. The molecular weight excluding hydrogens is 672 g/mol. The zero-order valence-corrected chi connectivity index (χ0v) is 38.0. The van der Waals surface area contributed by atoms with Crippen LogP contribution in [0, 0.1) is 0 Å². The number of imidazole rings is 1. The molecule has 14 heteroatoms. The van der Waals surface area contributed by atoms with Crippen molar-refractivity contribution in [2.24, 2.45) is 0 Å². The molecule has 0 radical (unpaired) electrons. The maximum atomic E-state index is 13.4. The van der Waals surface area contributed by atoms with Gasteiger partial charge in [-0.05, 0) is 59.4 Å². The van der Waals surface area contributed by atoms with Gasteiger partial charge in [-0.2, -0.15) is 4.98 Å². The average Bonchev–Trinajstić information content (AvgIpc) is 3.41. The maximum absolute atomic E-state index is 13.4. The summed E-state index contributed by atoms with van der Waals surface area (Å²) in [7, 11) is -8.83. The lowest BCUT2D eigenvalue weighted by atomic mass is 10.1. The lowest BCUT2D eigenvalue weighted by Crippen LogP contribution is -2.54. The van der Waals surface area contributed by atoms with Crippen LogP contribution >= 0.6 is 0 Å². The van der Waals surface area contributed by atoms with Gasteiger partial charge in [0.05, 0.1) is 12.9 Å². The van der Waals surface area contributed by atoms with E-state index in [0.717, 1.165) is 0 Å². The smallest absolute Gasteiger partial charge is 0.280 e. The molecule has 0 bridgehead atoms. The molecule has 276 valence electrons. The summed E-state index contributed by atoms with van der Waals surface area (Å²) in [5.41, 5.74) is 0.450. The van der Waals surface area contributed by atoms with E-state index in [2.05, 4.69) is 150 Å². The van der Waals surface area contributed by atoms with Gasteiger partial charge in [0, 0.05) is 0 Å². The van der Waals surface area contributed by atoms with Crippen LogP contribution in [0.3, 0.4) is 0 Å². The molecule has 3 heterocycles. The Morgan fingerprint density at radius 1 is 0.771 bits per heavy atom. The Bertz CT molecular complexity index is 1490. The summed E-state index contributed by atoms with van der Waals surface area (Å²) in [4.78, 5) is 29.6. The molecule has 3 rings (SSSR count). The third-order valence-corrected chi connectivity index (χ3v) is 30.2. The molecule has 10 nitrogen and oxygen atoms in total. The Kier molecular flexibility index (Phi) is 11.3. The van der Waals surface area contributed by atoms with Crippen molar-refractivity contribution in [3.05, 3.63) is 16.7 Å². The van der Waals surface area contributed by atoms with Gasteiger partial charge in [-0.25, -0.2) is 4.98 Å². The van der Waals surface area contributed by atoms with Crippen molar-refractivity contribution in [2.75, 3.05) is 11.6 Å². The Labute approximate surface area is 295 Å². The predicted octanol–water partition coefficient (Wildman–Crippen LogP) is 9.24. The summed E-state index contributed by atoms with van der Waals surface area (Å²) >= 11 is 0. The zero-order chi connectivity index (χ0) is 37.3. The SMILES string of the molecule is CC(C)(C)[Si](C)(C)Nc1nc2c(n[13cH]n2[C@@H]2O[C@H](CO[Si](C)(C)C(C)(C)C)[C@@H](O[Si](C)(C)C(C)(C)C)[C@H]2O[Si](C)(C)C(C)(C)C)c(=O)[nH]1. The summed E-state index contributed by atoms with van der Waals surface area (Å²) in [5, 5.41) is -0.0141. The van der Waals surface area contributed by atoms with E-state index in [1.54, 1.807) is 6.33 Å². The van der Waals surface area contributed by atoms with Gasteiger partial charge in [0.1, 0.15) is 18.3 Å². The van der Waals surface area contributed by atoms with Crippen molar-refractivity contribution in [2.45, 2.75) is 180 Å². The molecule has 1 saturated heterocycles. The van der Waals surface area contributed by atoms with Gasteiger partial charge >= 0.3 is 0 Å². The number of aromatic nitrogens is 4. The first-order valence-electron chi connectivity index (χ1n) is 17.6. The number of H-pyrrole nitrogens is 1. The third kappa shape index (κ3) is 8.48. The maximum Gasteiger partial charge on any atom is 0.280 e. The van der Waals surface area contributed by atoms with Crippen LogP contribution in [0.25, 0.3) is 11.2 Å². The van der Waals surface area contributed by atoms with Gasteiger partial charge < -0.3 is 23.0 Å². The monoisotopic (exact) mass is 740 g/mol. The number of fused-ring (bicyclic) bond motifs is 1. The molecule has 2 N–H and O–H groups in total. The van der Waals surface area contributed by atoms with Gasteiger partial charge in [0.15, 0.2) is 56.5 Å². The third-order valence-electron chi connectivity index (χ3n) is 12.2. The molecule has 0 amide bonds. The summed E-state index contributed by atoms with van der Waals surface area (Å²) in [5.74, 6) is 0.451. The van der Waals surface area contributed by atoms with Crippen LogP contribution < -0.4 is 10.5 Å². The first kappa shape index (κ1) is 41.3. The minimum atomic E-state index is -2.35. The predicted molar refractivity (Wildman–Crippen MR) is 210 cm³/mol. The van der Waals surface area contributed by atoms with Gasteiger partial charge in [-0.15, -0.1) is 0 Å². The fraction of sp³-hybridized carbons (Fsp3) is 0.853. The second-order valence-electron chi connectivity index (χ2n) is 20.1. The highest BCUT2D eigenvalue weighted by atomic mass is 28.4. The number of nitrogens with one attached hydrogen (secondary N) is 2. The quantitative estimate of drug-likeness (QED) is 0.232. The van der Waals surface area contributed by atoms with E-state index in [9.17, 15) is 4.79 Å². The fourth-order valence-corrected chi connectivity index (χ4v) is 9.23. The molecule has 1 aliphatic heterocycles. The van der Waals surface area contributed by atoms with Gasteiger partial charge in [-0.1, -0.05) is 96.2 Å². The molecular formula is C34H69N5O5Si4. The van der Waals surface area contributed by atoms with Crippen molar-refractivity contribution in [3.8, 4) is 0 Å². The first-order valence-corrected chi connectivity index (χ1v) is 29.3. The Hall–Kier alpha value is -1.14. The number of ether oxygens (including phenoxy) is 1. The van der Waals surface area contributed by atoms with Crippen LogP contribution in [0.5, 0.6) is 0 Å². The number of nitrogens with zero attached hydrogens (tertiary/aromatic N) is 3. The average molecular weight is 741 g/mol. The molecule has 2 aromatic heterocycles. The number of hydrogen-bond acceptors (Lipinski definition) is 8. The summed E-state index contributed by atoms with van der Waals surface area (Å²) in [6.45, 7) is 45.4. The second kappa shape index (κ2) is 13.1. The Morgan fingerprint density at radius 3 is 1.71 bits per heavy atom. The highest BCUT2D eigenvalue weighted by Gasteiger charge is 2.55. The van der Waals surface area contributed by atoms with Gasteiger partial charge in [-0.3, -0.25) is 14.3 Å². The largest absolute Gasteiger partial charge is 0.414 e. The van der Waals surface area contributed by atoms with Crippen LogP contribution in [0.2, 0.25) is 72.5 Å². The number of hydrogen-bond donors (Lipinski definition) is 2. The van der Waals surface area contributed by atoms with E-state index < -0.39 is 51.6 Å². The molecule has 0 unspecified atom stereocenters. The molecule has 0 spiro atoms. The topological polar surface area (TPSA) is 113 Å². The fourth-order valence-electron chi connectivity index (χ4n) is 4.53. The standard InChI is InChI=1S/C34H69N5O5Si4/c1-31(2,3)45(13,14)38-30-36-27-24(28(40)37-30)35-22-39(27)29-26(44-48(19,20)34(10,11)12)25(43-47(17,18)33(7,8)9)23(42-29)21-41-46(15,16)32(4,5)6/h22-23,25-26,29H,21H2,1-20H3,(H2,36,37,38,40)/t23-,25-,26-,29-/m1/s1/i22+1. The number of anilines is 1. The van der Waals surface area contributed by atoms with Crippen molar-refractivity contribution in [1.82, 2.24) is 19.5 Å². The van der Waals surface area contributed by atoms with E-state index in [0.29, 0.717) is 18.2 Å². The Morgan fingerprint density at radius 2 is 1.25 bits per heavy atom. The van der Waals surface area contributed by atoms with Crippen LogP contribution in [-0.4, -0.2) is 77.6 Å².